The first kappa shape index (κ1) is 14.3. The molecule has 1 aliphatic heterocycles. The van der Waals surface area contributed by atoms with Crippen LogP contribution in [0.15, 0.2) is 12.1 Å². The average Bonchev–Trinajstić information content (AvgIpc) is 2.80. The summed E-state index contributed by atoms with van der Waals surface area (Å²) in [6.45, 7) is 3.83. The summed E-state index contributed by atoms with van der Waals surface area (Å²) in [6, 6.07) is 3.18. The van der Waals surface area contributed by atoms with Gasteiger partial charge in [-0.25, -0.2) is 0 Å². The van der Waals surface area contributed by atoms with Gasteiger partial charge in [0.2, 0.25) is 0 Å². The summed E-state index contributed by atoms with van der Waals surface area (Å²) >= 11 is 5.99. The number of phenols is 1. The predicted octanol–water partition coefficient (Wildman–Crippen LogP) is 2.06. The Bertz CT molecular complexity index is 490. The van der Waals surface area contributed by atoms with Crippen molar-refractivity contribution in [1.29, 1.82) is 0 Å². The number of rotatable bonds is 4. The number of halogens is 1. The molecule has 0 bridgehead atoms. The highest BCUT2D eigenvalue weighted by Crippen LogP contribution is 2.30. The standard InChI is InChI=1S/C14H18ClNO3/c1-9(18)13-5-12(15)4-11(14(13)19)7-16-3-2-10(6-16)8-17/h4-5,10,17,19H,2-3,6-8H2,1H3. The van der Waals surface area contributed by atoms with E-state index in [-0.39, 0.29) is 23.7 Å². The molecule has 1 atom stereocenters. The number of nitrogens with zero attached hydrogens (tertiary/aromatic N) is 1. The number of aromatic hydroxyl groups is 1. The number of hydrogen-bond donors (Lipinski definition) is 2. The van der Waals surface area contributed by atoms with Crippen LogP contribution in [0.4, 0.5) is 0 Å². The minimum atomic E-state index is -0.198. The van der Waals surface area contributed by atoms with Gasteiger partial charge in [-0.15, -0.1) is 0 Å². The Kier molecular flexibility index (Phi) is 4.45. The lowest BCUT2D eigenvalue weighted by molar-refractivity contribution is 0.101. The number of ketones is 1. The predicted molar refractivity (Wildman–Crippen MR) is 73.6 cm³/mol. The molecule has 19 heavy (non-hydrogen) atoms. The molecule has 1 saturated heterocycles. The molecule has 1 aromatic rings. The molecule has 2 N–H and O–H groups in total. The van der Waals surface area contributed by atoms with E-state index in [0.29, 0.717) is 23.0 Å². The molecule has 0 aliphatic carbocycles. The first-order valence-electron chi connectivity index (χ1n) is 6.36. The first-order valence-corrected chi connectivity index (χ1v) is 6.74. The van der Waals surface area contributed by atoms with Gasteiger partial charge in [0.25, 0.3) is 0 Å². The van der Waals surface area contributed by atoms with Crippen molar-refractivity contribution in [3.05, 3.63) is 28.3 Å². The van der Waals surface area contributed by atoms with Crippen molar-refractivity contribution in [2.75, 3.05) is 19.7 Å². The van der Waals surface area contributed by atoms with Crippen LogP contribution in [0.1, 0.15) is 29.3 Å². The fourth-order valence-electron chi connectivity index (χ4n) is 2.49. The fourth-order valence-corrected chi connectivity index (χ4v) is 2.73. The number of phenolic OH excluding ortho intramolecular Hbond substituents is 1. The highest BCUT2D eigenvalue weighted by atomic mass is 35.5. The third-order valence-electron chi connectivity index (χ3n) is 3.56. The Morgan fingerprint density at radius 2 is 2.26 bits per heavy atom. The van der Waals surface area contributed by atoms with Gasteiger partial charge in [-0.3, -0.25) is 9.69 Å². The van der Waals surface area contributed by atoms with Crippen molar-refractivity contribution in [3.8, 4) is 5.75 Å². The third kappa shape index (κ3) is 3.26. The van der Waals surface area contributed by atoms with Gasteiger partial charge in [-0.1, -0.05) is 11.6 Å². The van der Waals surface area contributed by atoms with Crippen LogP contribution in [0.2, 0.25) is 5.02 Å². The second kappa shape index (κ2) is 5.90. The quantitative estimate of drug-likeness (QED) is 0.831. The second-order valence-electron chi connectivity index (χ2n) is 5.09. The molecule has 0 spiro atoms. The molecule has 2 rings (SSSR count). The zero-order valence-electron chi connectivity index (χ0n) is 10.9. The Hall–Kier alpha value is -1.10. The van der Waals surface area contributed by atoms with Gasteiger partial charge in [0.1, 0.15) is 5.75 Å². The molecule has 0 amide bonds. The molecule has 1 unspecified atom stereocenters. The van der Waals surface area contributed by atoms with Crippen molar-refractivity contribution < 1.29 is 15.0 Å². The van der Waals surface area contributed by atoms with E-state index < -0.39 is 0 Å². The molecular formula is C14H18ClNO3. The van der Waals surface area contributed by atoms with Gasteiger partial charge in [0.05, 0.1) is 5.56 Å². The van der Waals surface area contributed by atoms with Crippen molar-refractivity contribution in [2.24, 2.45) is 5.92 Å². The molecule has 0 radical (unpaired) electrons. The summed E-state index contributed by atoms with van der Waals surface area (Å²) in [4.78, 5) is 13.6. The van der Waals surface area contributed by atoms with E-state index in [1.165, 1.54) is 13.0 Å². The van der Waals surface area contributed by atoms with Crippen molar-refractivity contribution in [1.82, 2.24) is 4.90 Å². The topological polar surface area (TPSA) is 60.8 Å². The van der Waals surface area contributed by atoms with Crippen LogP contribution in [-0.4, -0.2) is 40.6 Å². The Morgan fingerprint density at radius 3 is 2.84 bits per heavy atom. The molecule has 1 fully saturated rings. The first-order chi connectivity index (χ1) is 9.01. The summed E-state index contributed by atoms with van der Waals surface area (Å²) in [6.07, 6.45) is 0.956. The maximum atomic E-state index is 11.4. The molecular weight excluding hydrogens is 266 g/mol. The SMILES string of the molecule is CC(=O)c1cc(Cl)cc(CN2CCC(CO)C2)c1O. The second-order valence-corrected chi connectivity index (χ2v) is 5.53. The summed E-state index contributed by atoms with van der Waals surface area (Å²) in [5.74, 6) is 0.119. The van der Waals surface area contributed by atoms with Crippen LogP contribution >= 0.6 is 11.6 Å². The smallest absolute Gasteiger partial charge is 0.163 e. The monoisotopic (exact) mass is 283 g/mol. The normalized spacial score (nSPS) is 19.8. The summed E-state index contributed by atoms with van der Waals surface area (Å²) in [5.41, 5.74) is 0.927. The lowest BCUT2D eigenvalue weighted by Crippen LogP contribution is -2.21. The summed E-state index contributed by atoms with van der Waals surface area (Å²) in [7, 11) is 0. The van der Waals surface area contributed by atoms with Gasteiger partial charge < -0.3 is 10.2 Å². The zero-order valence-corrected chi connectivity index (χ0v) is 11.7. The molecule has 5 heteroatoms. The Balaban J connectivity index is 2.19. The molecule has 1 aromatic carbocycles. The Labute approximate surface area is 117 Å². The minimum Gasteiger partial charge on any atom is -0.507 e. The van der Waals surface area contributed by atoms with Crippen LogP contribution in [0, 0.1) is 5.92 Å². The zero-order chi connectivity index (χ0) is 14.0. The molecule has 1 aliphatic rings. The fraction of sp³-hybridized carbons (Fsp3) is 0.500. The highest BCUT2D eigenvalue weighted by Gasteiger charge is 2.23. The molecule has 4 nitrogen and oxygen atoms in total. The number of carbonyl (C=O) groups is 1. The summed E-state index contributed by atoms with van der Waals surface area (Å²) in [5, 5.41) is 19.7. The van der Waals surface area contributed by atoms with E-state index >= 15 is 0 Å². The number of aliphatic hydroxyl groups is 1. The Morgan fingerprint density at radius 1 is 1.53 bits per heavy atom. The van der Waals surface area contributed by atoms with Crippen LogP contribution in [0.3, 0.4) is 0 Å². The van der Waals surface area contributed by atoms with Gasteiger partial charge in [0.15, 0.2) is 5.78 Å². The van der Waals surface area contributed by atoms with Crippen LogP contribution in [0.5, 0.6) is 5.75 Å². The molecule has 0 saturated carbocycles. The number of Topliss-reactive ketones (excluding diaryl/α,β-unsaturated/α-hetero) is 1. The van der Waals surface area contributed by atoms with E-state index in [4.69, 9.17) is 16.7 Å². The largest absolute Gasteiger partial charge is 0.507 e. The van der Waals surface area contributed by atoms with Gasteiger partial charge in [0, 0.05) is 30.3 Å². The van der Waals surface area contributed by atoms with Crippen molar-refractivity contribution in [2.45, 2.75) is 19.9 Å². The number of aliphatic hydroxyl groups excluding tert-OH is 1. The van der Waals surface area contributed by atoms with Crippen LogP contribution in [0.25, 0.3) is 0 Å². The molecule has 104 valence electrons. The van der Waals surface area contributed by atoms with Crippen molar-refractivity contribution in [3.63, 3.8) is 0 Å². The third-order valence-corrected chi connectivity index (χ3v) is 3.77. The van der Waals surface area contributed by atoms with Gasteiger partial charge in [-0.05, 0) is 37.9 Å². The van der Waals surface area contributed by atoms with Crippen LogP contribution < -0.4 is 0 Å². The number of likely N-dealkylation sites (tertiary alicyclic amines) is 1. The number of carbonyl (C=O) groups excluding carboxylic acids is 1. The average molecular weight is 284 g/mol. The lowest BCUT2D eigenvalue weighted by Gasteiger charge is -2.17. The van der Waals surface area contributed by atoms with E-state index in [1.54, 1.807) is 6.07 Å². The minimum absolute atomic E-state index is 0.0179. The van der Waals surface area contributed by atoms with Gasteiger partial charge >= 0.3 is 0 Å². The highest BCUT2D eigenvalue weighted by molar-refractivity contribution is 6.31. The lowest BCUT2D eigenvalue weighted by atomic mass is 10.1. The van der Waals surface area contributed by atoms with E-state index in [1.807, 2.05) is 0 Å². The van der Waals surface area contributed by atoms with E-state index in [0.717, 1.165) is 19.5 Å². The number of benzene rings is 1. The van der Waals surface area contributed by atoms with E-state index in [9.17, 15) is 9.90 Å². The van der Waals surface area contributed by atoms with E-state index in [2.05, 4.69) is 4.90 Å². The van der Waals surface area contributed by atoms with Crippen LogP contribution in [-0.2, 0) is 6.54 Å². The number of hydrogen-bond acceptors (Lipinski definition) is 4. The molecule has 0 aromatic heterocycles. The summed E-state index contributed by atoms with van der Waals surface area (Å²) < 4.78 is 0. The van der Waals surface area contributed by atoms with Crippen molar-refractivity contribution >= 4 is 17.4 Å². The maximum Gasteiger partial charge on any atom is 0.163 e. The molecule has 1 heterocycles. The maximum absolute atomic E-state index is 11.4. The van der Waals surface area contributed by atoms with Gasteiger partial charge in [-0.2, -0.15) is 0 Å².